The van der Waals surface area contributed by atoms with E-state index in [1.54, 1.807) is 18.3 Å². The van der Waals surface area contributed by atoms with Crippen molar-refractivity contribution in [2.24, 2.45) is 5.92 Å². The minimum Gasteiger partial charge on any atom is -0.349 e. The van der Waals surface area contributed by atoms with E-state index in [4.69, 9.17) is 0 Å². The number of carbonyl (C=O) groups excluding carboxylic acids is 2. The molecule has 1 N–H and O–H groups in total. The SMILES string of the molecule is CC(=O)C1CC(NC(=O)c2csc3ccn(Cc4ccc(-c5ccccc5)cc4)c23)C1. The number of thiophene rings is 1. The van der Waals surface area contributed by atoms with Gasteiger partial charge in [-0.15, -0.1) is 11.3 Å². The molecule has 0 bridgehead atoms. The highest BCUT2D eigenvalue weighted by molar-refractivity contribution is 7.17. The van der Waals surface area contributed by atoms with E-state index in [0.29, 0.717) is 6.54 Å². The molecule has 2 aromatic carbocycles. The molecule has 0 radical (unpaired) electrons. The zero-order valence-electron chi connectivity index (χ0n) is 17.4. The number of rotatable bonds is 6. The summed E-state index contributed by atoms with van der Waals surface area (Å²) in [6.07, 6.45) is 3.56. The summed E-state index contributed by atoms with van der Waals surface area (Å²) in [5.41, 5.74) is 5.30. The van der Waals surface area contributed by atoms with E-state index in [1.807, 2.05) is 23.6 Å². The lowest BCUT2D eigenvalue weighted by Crippen LogP contribution is -2.46. The normalized spacial score (nSPS) is 18.0. The number of aromatic nitrogens is 1. The van der Waals surface area contributed by atoms with E-state index in [2.05, 4.69) is 58.5 Å². The van der Waals surface area contributed by atoms with Crippen molar-refractivity contribution in [3.63, 3.8) is 0 Å². The number of amides is 1. The van der Waals surface area contributed by atoms with Crippen molar-refractivity contribution in [1.82, 2.24) is 9.88 Å². The van der Waals surface area contributed by atoms with Gasteiger partial charge < -0.3 is 9.88 Å². The number of fused-ring (bicyclic) bond motifs is 1. The topological polar surface area (TPSA) is 51.1 Å². The fraction of sp³-hybridized carbons (Fsp3) is 0.231. The van der Waals surface area contributed by atoms with Gasteiger partial charge >= 0.3 is 0 Å². The molecule has 0 atom stereocenters. The van der Waals surface area contributed by atoms with Crippen molar-refractivity contribution in [3.8, 4) is 11.1 Å². The smallest absolute Gasteiger partial charge is 0.254 e. The molecule has 5 rings (SSSR count). The Balaban J connectivity index is 1.33. The van der Waals surface area contributed by atoms with Crippen molar-refractivity contribution in [1.29, 1.82) is 0 Å². The van der Waals surface area contributed by atoms with Gasteiger partial charge in [0, 0.05) is 30.1 Å². The molecular formula is C26H24N2O2S. The predicted octanol–water partition coefficient (Wildman–Crippen LogP) is 5.52. The molecule has 0 saturated heterocycles. The first-order chi connectivity index (χ1) is 15.1. The van der Waals surface area contributed by atoms with Crippen LogP contribution in [0.25, 0.3) is 21.3 Å². The zero-order valence-corrected chi connectivity index (χ0v) is 18.2. The highest BCUT2D eigenvalue weighted by atomic mass is 32.1. The lowest BCUT2D eigenvalue weighted by atomic mass is 9.78. The van der Waals surface area contributed by atoms with Crippen LogP contribution in [0.15, 0.2) is 72.2 Å². The van der Waals surface area contributed by atoms with E-state index in [1.165, 1.54) is 16.7 Å². The van der Waals surface area contributed by atoms with Crippen molar-refractivity contribution in [2.75, 3.05) is 0 Å². The molecule has 2 heterocycles. The molecule has 156 valence electrons. The van der Waals surface area contributed by atoms with Gasteiger partial charge in [-0.2, -0.15) is 0 Å². The number of nitrogens with one attached hydrogen (secondary N) is 1. The first-order valence-corrected chi connectivity index (χ1v) is 11.5. The molecule has 1 fully saturated rings. The quantitative estimate of drug-likeness (QED) is 0.440. The largest absolute Gasteiger partial charge is 0.349 e. The molecular weight excluding hydrogens is 404 g/mol. The lowest BCUT2D eigenvalue weighted by Gasteiger charge is -2.34. The highest BCUT2D eigenvalue weighted by Gasteiger charge is 2.33. The van der Waals surface area contributed by atoms with Crippen LogP contribution >= 0.6 is 11.3 Å². The molecule has 31 heavy (non-hydrogen) atoms. The maximum atomic E-state index is 12.9. The van der Waals surface area contributed by atoms with Gasteiger partial charge in [0.25, 0.3) is 5.91 Å². The predicted molar refractivity (Wildman–Crippen MR) is 125 cm³/mol. The number of hydrogen-bond acceptors (Lipinski definition) is 3. The number of carbonyl (C=O) groups is 2. The highest BCUT2D eigenvalue weighted by Crippen LogP contribution is 2.31. The van der Waals surface area contributed by atoms with E-state index in [0.717, 1.165) is 28.6 Å². The molecule has 0 aliphatic heterocycles. The van der Waals surface area contributed by atoms with Crippen molar-refractivity contribution < 1.29 is 9.59 Å². The molecule has 1 saturated carbocycles. The zero-order chi connectivity index (χ0) is 21.4. The summed E-state index contributed by atoms with van der Waals surface area (Å²) in [4.78, 5) is 24.3. The molecule has 1 aliphatic carbocycles. The fourth-order valence-corrected chi connectivity index (χ4v) is 5.21. The van der Waals surface area contributed by atoms with Gasteiger partial charge in [0.15, 0.2) is 0 Å². The second kappa shape index (κ2) is 8.16. The third-order valence-corrected chi connectivity index (χ3v) is 7.13. The van der Waals surface area contributed by atoms with Gasteiger partial charge in [0.1, 0.15) is 5.78 Å². The Hall–Kier alpha value is -3.18. The van der Waals surface area contributed by atoms with Crippen LogP contribution in [0.3, 0.4) is 0 Å². The summed E-state index contributed by atoms with van der Waals surface area (Å²) in [7, 11) is 0. The number of benzene rings is 2. The van der Waals surface area contributed by atoms with E-state index in [-0.39, 0.29) is 23.7 Å². The van der Waals surface area contributed by atoms with E-state index < -0.39 is 0 Å². The molecule has 0 unspecified atom stereocenters. The third-order valence-electron chi connectivity index (χ3n) is 6.19. The standard InChI is InChI=1S/C26H24N2O2S/c1-17(29)21-13-22(14-21)27-26(30)23-16-31-24-11-12-28(25(23)24)15-18-7-9-20(10-8-18)19-5-3-2-4-6-19/h2-12,16,21-22H,13-15H2,1H3,(H,27,30). The Labute approximate surface area is 185 Å². The molecule has 4 aromatic rings. The summed E-state index contributed by atoms with van der Waals surface area (Å²) < 4.78 is 3.26. The van der Waals surface area contributed by atoms with E-state index >= 15 is 0 Å². The van der Waals surface area contributed by atoms with Gasteiger partial charge in [-0.25, -0.2) is 0 Å². The van der Waals surface area contributed by atoms with E-state index in [9.17, 15) is 9.59 Å². The Kier molecular flexibility index (Phi) is 5.20. The molecule has 2 aromatic heterocycles. The Bertz CT molecular complexity index is 1230. The second-order valence-corrected chi connectivity index (χ2v) is 9.23. The molecule has 1 aliphatic rings. The monoisotopic (exact) mass is 428 g/mol. The van der Waals surface area contributed by atoms with Gasteiger partial charge in [0.05, 0.1) is 15.8 Å². The van der Waals surface area contributed by atoms with Gasteiger partial charge in [-0.1, -0.05) is 54.6 Å². The van der Waals surface area contributed by atoms with Gasteiger partial charge in [0.2, 0.25) is 0 Å². The van der Waals surface area contributed by atoms with Crippen LogP contribution in [0.5, 0.6) is 0 Å². The average molecular weight is 429 g/mol. The molecule has 1 amide bonds. The maximum absolute atomic E-state index is 12.9. The third kappa shape index (κ3) is 3.93. The molecule has 0 spiro atoms. The van der Waals surface area contributed by atoms with Crippen LogP contribution in [-0.2, 0) is 11.3 Å². The second-order valence-electron chi connectivity index (χ2n) is 8.32. The molecule has 4 nitrogen and oxygen atoms in total. The first kappa shape index (κ1) is 19.8. The summed E-state index contributed by atoms with van der Waals surface area (Å²) in [6.45, 7) is 2.34. The van der Waals surface area contributed by atoms with Crippen molar-refractivity contribution >= 4 is 33.2 Å². The number of hydrogen-bond donors (Lipinski definition) is 1. The van der Waals surface area contributed by atoms with Crippen LogP contribution in [0.1, 0.15) is 35.7 Å². The Morgan fingerprint density at radius 2 is 1.71 bits per heavy atom. The summed E-state index contributed by atoms with van der Waals surface area (Å²) in [6, 6.07) is 21.1. The Morgan fingerprint density at radius 3 is 2.42 bits per heavy atom. The summed E-state index contributed by atoms with van der Waals surface area (Å²) in [5, 5.41) is 5.05. The summed E-state index contributed by atoms with van der Waals surface area (Å²) >= 11 is 1.60. The summed E-state index contributed by atoms with van der Waals surface area (Å²) in [5.74, 6) is 0.281. The number of nitrogens with zero attached hydrogens (tertiary/aromatic N) is 1. The van der Waals surface area contributed by atoms with Crippen LogP contribution in [-0.4, -0.2) is 22.3 Å². The molecule has 5 heteroatoms. The van der Waals surface area contributed by atoms with Crippen LogP contribution in [0, 0.1) is 5.92 Å². The number of Topliss-reactive ketones (excluding diaryl/α,β-unsaturated/α-hetero) is 1. The van der Waals surface area contributed by atoms with Crippen LogP contribution in [0.2, 0.25) is 0 Å². The van der Waals surface area contributed by atoms with Crippen molar-refractivity contribution in [2.45, 2.75) is 32.4 Å². The van der Waals surface area contributed by atoms with Crippen LogP contribution in [0.4, 0.5) is 0 Å². The van der Waals surface area contributed by atoms with Gasteiger partial charge in [-0.05, 0) is 42.5 Å². The van der Waals surface area contributed by atoms with Crippen molar-refractivity contribution in [3.05, 3.63) is 83.4 Å². The lowest BCUT2D eigenvalue weighted by molar-refractivity contribution is -0.123. The Morgan fingerprint density at radius 1 is 1.00 bits per heavy atom. The van der Waals surface area contributed by atoms with Gasteiger partial charge in [-0.3, -0.25) is 9.59 Å². The maximum Gasteiger partial charge on any atom is 0.254 e. The minimum absolute atomic E-state index is 0.0439. The fourth-order valence-electron chi connectivity index (χ4n) is 4.27. The minimum atomic E-state index is -0.0439. The van der Waals surface area contributed by atoms with Crippen LogP contribution < -0.4 is 5.32 Å². The number of ketones is 1. The first-order valence-electron chi connectivity index (χ1n) is 10.6. The average Bonchev–Trinajstić information content (AvgIpc) is 3.34.